The molecular formula is C29H20O2. The van der Waals surface area contributed by atoms with Crippen molar-refractivity contribution in [1.29, 1.82) is 0 Å². The largest absolute Gasteiger partial charge is 0.458 e. The lowest BCUT2D eigenvalue weighted by Gasteiger charge is -2.08. The molecule has 0 radical (unpaired) electrons. The van der Waals surface area contributed by atoms with Gasteiger partial charge in [0.2, 0.25) is 6.79 Å². The number of benzene rings is 4. The Kier molecular flexibility index (Phi) is 6.67. The van der Waals surface area contributed by atoms with Crippen LogP contribution < -0.4 is 9.47 Å². The van der Waals surface area contributed by atoms with E-state index in [4.69, 9.17) is 9.47 Å². The van der Waals surface area contributed by atoms with Crippen LogP contribution >= 0.6 is 0 Å². The summed E-state index contributed by atoms with van der Waals surface area (Å²) < 4.78 is 11.2. The maximum absolute atomic E-state index is 5.61. The van der Waals surface area contributed by atoms with Crippen LogP contribution in [0.1, 0.15) is 22.3 Å². The predicted molar refractivity (Wildman–Crippen MR) is 124 cm³/mol. The Labute approximate surface area is 183 Å². The Morgan fingerprint density at radius 1 is 0.387 bits per heavy atom. The highest BCUT2D eigenvalue weighted by molar-refractivity contribution is 5.48. The van der Waals surface area contributed by atoms with Crippen LogP contribution in [0.2, 0.25) is 0 Å². The van der Waals surface area contributed by atoms with Gasteiger partial charge in [-0.1, -0.05) is 60.1 Å². The fraction of sp³-hybridized carbons (Fsp3) is 0.0345. The molecule has 148 valence electrons. The van der Waals surface area contributed by atoms with Crippen LogP contribution in [-0.2, 0) is 0 Å². The van der Waals surface area contributed by atoms with Gasteiger partial charge >= 0.3 is 0 Å². The average molecular weight is 400 g/mol. The maximum Gasteiger partial charge on any atom is 0.230 e. The summed E-state index contributed by atoms with van der Waals surface area (Å²) in [4.78, 5) is 0. The van der Waals surface area contributed by atoms with Crippen LogP contribution in [0.15, 0.2) is 109 Å². The van der Waals surface area contributed by atoms with E-state index in [0.29, 0.717) is 0 Å². The van der Waals surface area contributed by atoms with Gasteiger partial charge in [-0.25, -0.2) is 0 Å². The van der Waals surface area contributed by atoms with Gasteiger partial charge in [0.15, 0.2) is 0 Å². The third-order valence-corrected chi connectivity index (χ3v) is 4.41. The molecule has 0 bridgehead atoms. The molecular weight excluding hydrogens is 380 g/mol. The van der Waals surface area contributed by atoms with Crippen LogP contribution in [0.5, 0.6) is 11.5 Å². The highest BCUT2D eigenvalue weighted by Crippen LogP contribution is 2.13. The summed E-state index contributed by atoms with van der Waals surface area (Å²) in [6, 6.07) is 35.1. The van der Waals surface area contributed by atoms with Crippen molar-refractivity contribution in [3.05, 3.63) is 131 Å². The van der Waals surface area contributed by atoms with Crippen LogP contribution in [0.3, 0.4) is 0 Å². The lowest BCUT2D eigenvalue weighted by molar-refractivity contribution is 0.120. The maximum atomic E-state index is 5.61. The van der Waals surface area contributed by atoms with Gasteiger partial charge in [-0.2, -0.15) is 0 Å². The molecule has 0 aliphatic rings. The van der Waals surface area contributed by atoms with Crippen LogP contribution in [0.25, 0.3) is 0 Å². The Hall–Kier alpha value is -4.40. The van der Waals surface area contributed by atoms with Crippen molar-refractivity contribution < 1.29 is 9.47 Å². The molecule has 0 aromatic heterocycles. The fourth-order valence-corrected chi connectivity index (χ4v) is 2.76. The summed E-state index contributed by atoms with van der Waals surface area (Å²) in [6.45, 7) is 0.161. The number of para-hydroxylation sites is 1. The molecule has 2 heteroatoms. The van der Waals surface area contributed by atoms with Crippen molar-refractivity contribution >= 4 is 0 Å². The monoisotopic (exact) mass is 400 g/mol. The zero-order valence-electron chi connectivity index (χ0n) is 16.9. The van der Waals surface area contributed by atoms with Crippen molar-refractivity contribution in [3.8, 4) is 35.2 Å². The Balaban J connectivity index is 1.31. The lowest BCUT2D eigenvalue weighted by atomic mass is 10.1. The molecule has 0 aliphatic heterocycles. The highest BCUT2D eigenvalue weighted by atomic mass is 16.7. The molecule has 4 rings (SSSR count). The SMILES string of the molecule is C(#Cc1ccc(C#Cc2ccc(OCOc3ccccc3)cc2)cc1)c1ccccc1. The minimum absolute atomic E-state index is 0.161. The van der Waals surface area contributed by atoms with Gasteiger partial charge in [-0.05, 0) is 72.8 Å². The molecule has 0 N–H and O–H groups in total. The van der Waals surface area contributed by atoms with Crippen LogP contribution in [0.4, 0.5) is 0 Å². The van der Waals surface area contributed by atoms with Crippen molar-refractivity contribution in [1.82, 2.24) is 0 Å². The third-order valence-electron chi connectivity index (χ3n) is 4.41. The fourth-order valence-electron chi connectivity index (χ4n) is 2.76. The molecule has 0 fully saturated rings. The smallest absolute Gasteiger partial charge is 0.230 e. The second-order valence-corrected chi connectivity index (χ2v) is 6.69. The molecule has 4 aromatic rings. The van der Waals surface area contributed by atoms with E-state index in [1.807, 2.05) is 109 Å². The summed E-state index contributed by atoms with van der Waals surface area (Å²) in [6.07, 6.45) is 0. The molecule has 0 heterocycles. The quantitative estimate of drug-likeness (QED) is 0.314. The first-order valence-corrected chi connectivity index (χ1v) is 9.95. The van der Waals surface area contributed by atoms with Gasteiger partial charge in [0.25, 0.3) is 0 Å². The molecule has 2 nitrogen and oxygen atoms in total. The van der Waals surface area contributed by atoms with Gasteiger partial charge in [-0.3, -0.25) is 0 Å². The molecule has 31 heavy (non-hydrogen) atoms. The van der Waals surface area contributed by atoms with Crippen LogP contribution in [-0.4, -0.2) is 6.79 Å². The summed E-state index contributed by atoms with van der Waals surface area (Å²) in [5.74, 6) is 14.2. The standard InChI is InChI=1S/C29H20O2/c1-3-7-24(8-4-1)11-12-25-13-15-26(16-14-25)17-18-27-19-21-29(22-20-27)31-23-30-28-9-5-2-6-10-28/h1-10,13-16,19-22H,23H2. The number of hydrogen-bond donors (Lipinski definition) is 0. The van der Waals surface area contributed by atoms with Gasteiger partial charge in [-0.15, -0.1) is 0 Å². The van der Waals surface area contributed by atoms with E-state index in [9.17, 15) is 0 Å². The summed E-state index contributed by atoms with van der Waals surface area (Å²) in [5, 5.41) is 0. The van der Waals surface area contributed by atoms with E-state index in [1.54, 1.807) is 0 Å². The van der Waals surface area contributed by atoms with E-state index < -0.39 is 0 Å². The van der Waals surface area contributed by atoms with Gasteiger partial charge < -0.3 is 9.47 Å². The van der Waals surface area contributed by atoms with Gasteiger partial charge in [0.1, 0.15) is 11.5 Å². The second kappa shape index (κ2) is 10.4. The number of hydrogen-bond acceptors (Lipinski definition) is 2. The minimum Gasteiger partial charge on any atom is -0.458 e. The van der Waals surface area contributed by atoms with E-state index >= 15 is 0 Å². The first-order chi connectivity index (χ1) is 15.3. The predicted octanol–water partition coefficient (Wildman–Crippen LogP) is 5.90. The zero-order valence-corrected chi connectivity index (χ0v) is 16.9. The minimum atomic E-state index is 0.161. The van der Waals surface area contributed by atoms with Gasteiger partial charge in [0.05, 0.1) is 0 Å². The molecule has 0 saturated heterocycles. The van der Waals surface area contributed by atoms with E-state index in [0.717, 1.165) is 33.8 Å². The van der Waals surface area contributed by atoms with Crippen molar-refractivity contribution in [2.75, 3.05) is 6.79 Å². The number of ether oxygens (including phenoxy) is 2. The Bertz CT molecular complexity index is 1220. The van der Waals surface area contributed by atoms with Gasteiger partial charge in [0, 0.05) is 22.3 Å². The zero-order chi connectivity index (χ0) is 21.1. The molecule has 0 atom stereocenters. The summed E-state index contributed by atoms with van der Waals surface area (Å²) >= 11 is 0. The molecule has 4 aromatic carbocycles. The van der Waals surface area contributed by atoms with E-state index in [2.05, 4.69) is 23.7 Å². The lowest BCUT2D eigenvalue weighted by Crippen LogP contribution is -2.05. The average Bonchev–Trinajstić information content (AvgIpc) is 2.84. The topological polar surface area (TPSA) is 18.5 Å². The Morgan fingerprint density at radius 2 is 0.742 bits per heavy atom. The first-order valence-electron chi connectivity index (χ1n) is 9.95. The van der Waals surface area contributed by atoms with Crippen molar-refractivity contribution in [2.24, 2.45) is 0 Å². The molecule has 0 unspecified atom stereocenters. The summed E-state index contributed by atoms with van der Waals surface area (Å²) in [5.41, 5.74) is 3.84. The van der Waals surface area contributed by atoms with Crippen molar-refractivity contribution in [2.45, 2.75) is 0 Å². The van der Waals surface area contributed by atoms with E-state index in [1.165, 1.54) is 0 Å². The summed E-state index contributed by atoms with van der Waals surface area (Å²) in [7, 11) is 0. The molecule has 0 spiro atoms. The molecule has 0 aliphatic carbocycles. The second-order valence-electron chi connectivity index (χ2n) is 6.69. The third kappa shape index (κ3) is 6.29. The molecule has 0 amide bonds. The van der Waals surface area contributed by atoms with Crippen molar-refractivity contribution in [3.63, 3.8) is 0 Å². The Morgan fingerprint density at radius 3 is 1.23 bits per heavy atom. The van der Waals surface area contributed by atoms with E-state index in [-0.39, 0.29) is 6.79 Å². The first kappa shape index (κ1) is 19.9. The normalized spacial score (nSPS) is 9.55. The van der Waals surface area contributed by atoms with Crippen LogP contribution in [0, 0.1) is 23.7 Å². The molecule has 0 saturated carbocycles. The number of rotatable bonds is 4. The highest BCUT2D eigenvalue weighted by Gasteiger charge is 1.96.